The van der Waals surface area contributed by atoms with E-state index in [9.17, 15) is 8.42 Å². The Morgan fingerprint density at radius 3 is 2.63 bits per heavy atom. The van der Waals surface area contributed by atoms with E-state index in [2.05, 4.69) is 25.2 Å². The molecule has 3 heterocycles. The van der Waals surface area contributed by atoms with E-state index < -0.39 is 10.0 Å². The lowest BCUT2D eigenvalue weighted by Gasteiger charge is -2.33. The van der Waals surface area contributed by atoms with Gasteiger partial charge in [0.05, 0.1) is 12.3 Å². The highest BCUT2D eigenvalue weighted by Crippen LogP contribution is 2.24. The number of hydrogen-bond acceptors (Lipinski definition) is 6. The average molecular weight is 568 g/mol. The minimum atomic E-state index is -3.44. The monoisotopic (exact) mass is 567 g/mol. The molecule has 2 aromatic heterocycles. The molecule has 0 aromatic carbocycles. The van der Waals surface area contributed by atoms with Crippen molar-refractivity contribution in [2.45, 2.75) is 29.5 Å². The number of sulfonamides is 1. The number of nitrogens with zero attached hydrogens (tertiary/aromatic N) is 2. The van der Waals surface area contributed by atoms with Crippen LogP contribution in [0.1, 0.15) is 31.1 Å². The molecule has 0 spiro atoms. The maximum atomic E-state index is 12.1. The first-order valence-electron chi connectivity index (χ1n) is 9.85. The first-order chi connectivity index (χ1) is 14.1. The number of rotatable bonds is 9. The lowest BCUT2D eigenvalue weighted by molar-refractivity contribution is 0.146. The number of hydrogen-bond donors (Lipinski definition) is 3. The van der Waals surface area contributed by atoms with Crippen LogP contribution in [0.15, 0.2) is 49.5 Å². The molecule has 1 aliphatic heterocycles. The molecular weight excluding hydrogens is 537 g/mol. The standard InChI is InChI=1S/C19H29N5O3S2.HI/c1-20-19(21-9-10-23-29(25,26)18-8-6-14-28-18)22-15-16(17-7-5-13-27-17)24-11-3-2-4-12-24;/h5-8,13-14,16,23H,2-4,9-12,15H2,1H3,(H2,20,21,22);1H. The normalized spacial score (nSPS) is 16.6. The third-order valence-electron chi connectivity index (χ3n) is 4.86. The maximum Gasteiger partial charge on any atom is 0.250 e. The number of furan rings is 1. The zero-order chi connectivity index (χ0) is 20.5. The molecule has 2 aromatic rings. The van der Waals surface area contributed by atoms with Crippen LogP contribution in [-0.4, -0.2) is 59.0 Å². The third-order valence-corrected chi connectivity index (χ3v) is 7.72. The Kier molecular flexibility index (Phi) is 10.6. The molecule has 0 radical (unpaired) electrons. The van der Waals surface area contributed by atoms with Gasteiger partial charge < -0.3 is 15.1 Å². The van der Waals surface area contributed by atoms with Crippen LogP contribution in [0.3, 0.4) is 0 Å². The zero-order valence-corrected chi connectivity index (χ0v) is 21.0. The number of halogens is 1. The van der Waals surface area contributed by atoms with Crippen LogP contribution < -0.4 is 15.4 Å². The molecule has 30 heavy (non-hydrogen) atoms. The highest BCUT2D eigenvalue weighted by molar-refractivity contribution is 14.0. The lowest BCUT2D eigenvalue weighted by atomic mass is 10.1. The molecular formula is C19H30IN5O3S2. The van der Waals surface area contributed by atoms with Crippen molar-refractivity contribution in [2.75, 3.05) is 39.8 Å². The predicted octanol–water partition coefficient (Wildman–Crippen LogP) is 2.63. The molecule has 168 valence electrons. The van der Waals surface area contributed by atoms with Gasteiger partial charge in [-0.15, -0.1) is 35.3 Å². The smallest absolute Gasteiger partial charge is 0.250 e. The summed E-state index contributed by atoms with van der Waals surface area (Å²) in [4.78, 5) is 6.68. The third kappa shape index (κ3) is 7.22. The van der Waals surface area contributed by atoms with Gasteiger partial charge in [0.15, 0.2) is 5.96 Å². The summed E-state index contributed by atoms with van der Waals surface area (Å²) in [6.07, 6.45) is 5.39. The molecule has 3 N–H and O–H groups in total. The summed E-state index contributed by atoms with van der Waals surface area (Å²) >= 11 is 1.20. The molecule has 3 rings (SSSR count). The SMILES string of the molecule is CN=C(NCCNS(=O)(=O)c1cccs1)NCC(c1ccco1)N1CCCCC1.I. The molecule has 11 heteroatoms. The van der Waals surface area contributed by atoms with E-state index in [0.29, 0.717) is 23.3 Å². The van der Waals surface area contributed by atoms with Crippen LogP contribution in [0.25, 0.3) is 0 Å². The fraction of sp³-hybridized carbons (Fsp3) is 0.526. The van der Waals surface area contributed by atoms with Gasteiger partial charge in [-0.3, -0.25) is 9.89 Å². The van der Waals surface area contributed by atoms with Crippen molar-refractivity contribution in [2.24, 2.45) is 4.99 Å². The predicted molar refractivity (Wildman–Crippen MR) is 131 cm³/mol. The van der Waals surface area contributed by atoms with Crippen molar-refractivity contribution in [3.05, 3.63) is 41.7 Å². The molecule has 0 saturated carbocycles. The van der Waals surface area contributed by atoms with Gasteiger partial charge in [-0.25, -0.2) is 13.1 Å². The fourth-order valence-electron chi connectivity index (χ4n) is 3.39. The van der Waals surface area contributed by atoms with Crippen molar-refractivity contribution in [1.82, 2.24) is 20.3 Å². The van der Waals surface area contributed by atoms with Crippen molar-refractivity contribution in [3.8, 4) is 0 Å². The maximum absolute atomic E-state index is 12.1. The Balaban J connectivity index is 0.00000320. The molecule has 1 fully saturated rings. The van der Waals surface area contributed by atoms with Crippen LogP contribution in [0.2, 0.25) is 0 Å². The van der Waals surface area contributed by atoms with Crippen molar-refractivity contribution in [1.29, 1.82) is 0 Å². The first kappa shape index (κ1) is 25.1. The van der Waals surface area contributed by atoms with E-state index >= 15 is 0 Å². The van der Waals surface area contributed by atoms with E-state index in [0.717, 1.165) is 18.8 Å². The number of aliphatic imine (C=N–C) groups is 1. The summed E-state index contributed by atoms with van der Waals surface area (Å²) in [7, 11) is -1.74. The summed E-state index contributed by atoms with van der Waals surface area (Å²) in [5.41, 5.74) is 0. The fourth-order valence-corrected chi connectivity index (χ4v) is 5.46. The minimum absolute atomic E-state index is 0. The van der Waals surface area contributed by atoms with Crippen LogP contribution in [-0.2, 0) is 10.0 Å². The van der Waals surface area contributed by atoms with E-state index in [4.69, 9.17) is 4.42 Å². The quantitative estimate of drug-likeness (QED) is 0.187. The minimum Gasteiger partial charge on any atom is -0.468 e. The summed E-state index contributed by atoms with van der Waals surface area (Å²) < 4.78 is 32.9. The van der Waals surface area contributed by atoms with Crippen LogP contribution in [0.4, 0.5) is 0 Å². The number of nitrogens with one attached hydrogen (secondary N) is 3. The summed E-state index contributed by atoms with van der Waals surface area (Å²) in [6.45, 7) is 3.48. The van der Waals surface area contributed by atoms with Gasteiger partial charge >= 0.3 is 0 Å². The van der Waals surface area contributed by atoms with Crippen LogP contribution in [0.5, 0.6) is 0 Å². The average Bonchev–Trinajstić information content (AvgIpc) is 3.45. The number of piperidine rings is 1. The van der Waals surface area contributed by atoms with Crippen LogP contribution in [0, 0.1) is 0 Å². The second kappa shape index (κ2) is 12.6. The molecule has 1 aliphatic rings. The largest absolute Gasteiger partial charge is 0.468 e. The highest BCUT2D eigenvalue weighted by Gasteiger charge is 2.24. The summed E-state index contributed by atoms with van der Waals surface area (Å²) in [5, 5.41) is 8.25. The Hall–Kier alpha value is -1.15. The van der Waals surface area contributed by atoms with E-state index in [1.165, 1.54) is 30.6 Å². The Labute approximate surface area is 199 Å². The second-order valence-electron chi connectivity index (χ2n) is 6.84. The molecule has 1 unspecified atom stereocenters. The second-order valence-corrected chi connectivity index (χ2v) is 9.78. The van der Waals surface area contributed by atoms with Gasteiger partial charge in [-0.1, -0.05) is 12.5 Å². The molecule has 0 amide bonds. The molecule has 0 bridgehead atoms. The van der Waals surface area contributed by atoms with Gasteiger partial charge in [0.25, 0.3) is 0 Å². The summed E-state index contributed by atoms with van der Waals surface area (Å²) in [6, 6.07) is 7.38. The van der Waals surface area contributed by atoms with Crippen molar-refractivity contribution in [3.63, 3.8) is 0 Å². The van der Waals surface area contributed by atoms with Gasteiger partial charge in [-0.05, 0) is 49.5 Å². The van der Waals surface area contributed by atoms with E-state index in [1.807, 2.05) is 12.1 Å². The molecule has 0 aliphatic carbocycles. The number of likely N-dealkylation sites (tertiary alicyclic amines) is 1. The Morgan fingerprint density at radius 2 is 2.00 bits per heavy atom. The highest BCUT2D eigenvalue weighted by atomic mass is 127. The Morgan fingerprint density at radius 1 is 1.20 bits per heavy atom. The van der Waals surface area contributed by atoms with Gasteiger partial charge in [-0.2, -0.15) is 0 Å². The lowest BCUT2D eigenvalue weighted by Crippen LogP contribution is -2.45. The topological polar surface area (TPSA) is 99.0 Å². The first-order valence-corrected chi connectivity index (χ1v) is 12.2. The van der Waals surface area contributed by atoms with Gasteiger partial charge in [0.2, 0.25) is 10.0 Å². The summed E-state index contributed by atoms with van der Waals surface area (Å²) in [5.74, 6) is 1.58. The molecule has 1 atom stereocenters. The van der Waals surface area contributed by atoms with Gasteiger partial charge in [0, 0.05) is 26.7 Å². The number of thiophene rings is 1. The van der Waals surface area contributed by atoms with E-state index in [1.54, 1.807) is 30.8 Å². The van der Waals surface area contributed by atoms with Crippen LogP contribution >= 0.6 is 35.3 Å². The number of guanidine groups is 1. The van der Waals surface area contributed by atoms with E-state index in [-0.39, 0.29) is 36.6 Å². The Bertz CT molecular complexity index is 851. The van der Waals surface area contributed by atoms with Crippen molar-refractivity contribution < 1.29 is 12.8 Å². The molecule has 8 nitrogen and oxygen atoms in total. The molecule has 1 saturated heterocycles. The van der Waals surface area contributed by atoms with Crippen molar-refractivity contribution >= 4 is 51.3 Å². The van der Waals surface area contributed by atoms with Gasteiger partial charge in [0.1, 0.15) is 9.97 Å². The zero-order valence-electron chi connectivity index (χ0n) is 17.0.